The third-order valence-electron chi connectivity index (χ3n) is 6.02. The van der Waals surface area contributed by atoms with Gasteiger partial charge in [-0.2, -0.15) is 9.29 Å². The second-order valence-corrected chi connectivity index (χ2v) is 10.2. The highest BCUT2D eigenvalue weighted by Gasteiger charge is 2.32. The largest absolute Gasteiger partial charge is 0.438 e. The summed E-state index contributed by atoms with van der Waals surface area (Å²) >= 11 is 0. The lowest BCUT2D eigenvalue weighted by molar-refractivity contribution is 0.368. The average Bonchev–Trinajstić information content (AvgIpc) is 2.86. The summed E-state index contributed by atoms with van der Waals surface area (Å²) in [6, 6.07) is 14.1. The van der Waals surface area contributed by atoms with E-state index in [1.54, 1.807) is 30.3 Å². The maximum Gasteiger partial charge on any atom is 0.243 e. The maximum atomic E-state index is 13.4. The minimum Gasteiger partial charge on any atom is -0.438 e. The van der Waals surface area contributed by atoms with Crippen molar-refractivity contribution in [2.45, 2.75) is 37.1 Å². The van der Waals surface area contributed by atoms with Gasteiger partial charge < -0.3 is 9.64 Å². The number of benzene rings is 2. The average molecular weight is 469 g/mol. The van der Waals surface area contributed by atoms with Crippen LogP contribution in [0.15, 0.2) is 59.5 Å². The molecule has 0 bridgehead atoms. The molecule has 0 radical (unpaired) electrons. The summed E-state index contributed by atoms with van der Waals surface area (Å²) in [6.07, 6.45) is 3.81. The number of aromatic nitrogens is 2. The molecule has 5 rings (SSSR count). The standard InChI is InChI=1S/C24H25FN4O3S/c25-18-9-11-19(12-10-18)32-23-21-17-29(33(30,31)20-7-3-1-4-8-20)16-13-22(21)26-24(27-23)28-14-5-2-6-15-28/h1,3-4,7-12H,2,5-6,13-17H2. The first kappa shape index (κ1) is 21.8. The predicted octanol–water partition coefficient (Wildman–Crippen LogP) is 4.15. The van der Waals surface area contributed by atoms with Crippen LogP contribution in [0.2, 0.25) is 0 Å². The van der Waals surface area contributed by atoms with E-state index < -0.39 is 10.0 Å². The van der Waals surface area contributed by atoms with Crippen LogP contribution in [-0.2, 0) is 23.0 Å². The van der Waals surface area contributed by atoms with E-state index >= 15 is 0 Å². The number of rotatable bonds is 5. The Hall–Kier alpha value is -3.04. The topological polar surface area (TPSA) is 75.6 Å². The van der Waals surface area contributed by atoms with E-state index in [4.69, 9.17) is 14.7 Å². The van der Waals surface area contributed by atoms with Gasteiger partial charge in [-0.25, -0.2) is 17.8 Å². The number of halogens is 1. The molecule has 0 spiro atoms. The number of ether oxygens (including phenoxy) is 1. The van der Waals surface area contributed by atoms with Crippen molar-refractivity contribution < 1.29 is 17.5 Å². The molecule has 3 aromatic rings. The number of hydrogen-bond donors (Lipinski definition) is 0. The van der Waals surface area contributed by atoms with Crippen LogP contribution in [0.4, 0.5) is 10.3 Å². The van der Waals surface area contributed by atoms with Crippen molar-refractivity contribution in [3.05, 3.63) is 71.7 Å². The molecule has 0 N–H and O–H groups in total. The molecule has 0 unspecified atom stereocenters. The van der Waals surface area contributed by atoms with Crippen LogP contribution in [0.1, 0.15) is 30.5 Å². The van der Waals surface area contributed by atoms with Gasteiger partial charge in [0, 0.05) is 32.6 Å². The van der Waals surface area contributed by atoms with E-state index in [0.717, 1.165) is 31.6 Å². The fourth-order valence-corrected chi connectivity index (χ4v) is 5.66. The van der Waals surface area contributed by atoms with Gasteiger partial charge in [0.1, 0.15) is 11.6 Å². The van der Waals surface area contributed by atoms with Gasteiger partial charge in [0.25, 0.3) is 0 Å². The molecule has 0 saturated carbocycles. The molecule has 2 aromatic carbocycles. The second-order valence-electron chi connectivity index (χ2n) is 8.26. The highest BCUT2D eigenvalue weighted by atomic mass is 32.2. The summed E-state index contributed by atoms with van der Waals surface area (Å²) in [5.74, 6) is 0.996. The number of fused-ring (bicyclic) bond motifs is 1. The Labute approximate surface area is 192 Å². The molecule has 1 fully saturated rings. The van der Waals surface area contributed by atoms with Crippen LogP contribution >= 0.6 is 0 Å². The quantitative estimate of drug-likeness (QED) is 0.560. The van der Waals surface area contributed by atoms with Crippen molar-refractivity contribution in [3.63, 3.8) is 0 Å². The Balaban J connectivity index is 1.52. The monoisotopic (exact) mass is 468 g/mol. The molecule has 9 heteroatoms. The SMILES string of the molecule is O=S(=O)(c1ccccc1)N1CCc2nc(N3CCCCC3)nc(Oc3ccc(F)cc3)c2C1. The fourth-order valence-electron chi connectivity index (χ4n) is 4.23. The zero-order chi connectivity index (χ0) is 22.8. The smallest absolute Gasteiger partial charge is 0.243 e. The summed E-state index contributed by atoms with van der Waals surface area (Å²) in [5, 5.41) is 0. The van der Waals surface area contributed by atoms with Crippen LogP contribution in [-0.4, -0.2) is 42.3 Å². The zero-order valence-corrected chi connectivity index (χ0v) is 19.0. The summed E-state index contributed by atoms with van der Waals surface area (Å²) in [4.78, 5) is 11.9. The van der Waals surface area contributed by atoms with Gasteiger partial charge in [0.15, 0.2) is 0 Å². The number of nitrogens with zero attached hydrogens (tertiary/aromatic N) is 4. The highest BCUT2D eigenvalue weighted by molar-refractivity contribution is 7.89. The van der Waals surface area contributed by atoms with E-state index in [1.165, 1.54) is 35.0 Å². The molecule has 0 amide bonds. The second kappa shape index (κ2) is 9.07. The zero-order valence-electron chi connectivity index (χ0n) is 18.2. The van der Waals surface area contributed by atoms with E-state index in [2.05, 4.69) is 4.90 Å². The maximum absolute atomic E-state index is 13.4. The Bertz CT molecular complexity index is 1230. The van der Waals surface area contributed by atoms with E-state index in [0.29, 0.717) is 36.1 Å². The molecule has 7 nitrogen and oxygen atoms in total. The highest BCUT2D eigenvalue weighted by Crippen LogP contribution is 2.34. The number of hydrogen-bond acceptors (Lipinski definition) is 6. The van der Waals surface area contributed by atoms with Crippen molar-refractivity contribution in [2.75, 3.05) is 24.5 Å². The Kier molecular flexibility index (Phi) is 5.99. The normalized spacial score (nSPS) is 16.9. The molecule has 172 valence electrons. The summed E-state index contributed by atoms with van der Waals surface area (Å²) in [7, 11) is -3.67. The first-order valence-electron chi connectivity index (χ1n) is 11.1. The van der Waals surface area contributed by atoms with Gasteiger partial charge in [-0.15, -0.1) is 0 Å². The van der Waals surface area contributed by atoms with E-state index in [1.807, 2.05) is 0 Å². The molecule has 0 atom stereocenters. The van der Waals surface area contributed by atoms with Crippen molar-refractivity contribution in [1.82, 2.24) is 14.3 Å². The van der Waals surface area contributed by atoms with Crippen LogP contribution < -0.4 is 9.64 Å². The minimum absolute atomic E-state index is 0.114. The minimum atomic E-state index is -3.67. The molecule has 0 aliphatic carbocycles. The van der Waals surface area contributed by atoms with Crippen LogP contribution in [0.3, 0.4) is 0 Å². The lowest BCUT2D eigenvalue weighted by Gasteiger charge is -2.31. The third-order valence-corrected chi connectivity index (χ3v) is 7.88. The molecular weight excluding hydrogens is 443 g/mol. The number of piperidine rings is 1. The summed E-state index contributed by atoms with van der Waals surface area (Å²) in [5.41, 5.74) is 1.44. The first-order chi connectivity index (χ1) is 16.0. The fraction of sp³-hybridized carbons (Fsp3) is 0.333. The molecular formula is C24H25FN4O3S. The Morgan fingerprint density at radius 1 is 0.879 bits per heavy atom. The van der Waals surface area contributed by atoms with Crippen molar-refractivity contribution >= 4 is 16.0 Å². The lowest BCUT2D eigenvalue weighted by atomic mass is 10.1. The van der Waals surface area contributed by atoms with Gasteiger partial charge >= 0.3 is 0 Å². The number of sulfonamides is 1. The van der Waals surface area contributed by atoms with Crippen LogP contribution in [0.25, 0.3) is 0 Å². The van der Waals surface area contributed by atoms with Gasteiger partial charge in [-0.3, -0.25) is 0 Å². The van der Waals surface area contributed by atoms with E-state index in [9.17, 15) is 12.8 Å². The molecule has 3 heterocycles. The third kappa shape index (κ3) is 4.56. The van der Waals surface area contributed by atoms with Gasteiger partial charge in [0.05, 0.1) is 16.2 Å². The van der Waals surface area contributed by atoms with Gasteiger partial charge in [-0.1, -0.05) is 18.2 Å². The Morgan fingerprint density at radius 3 is 2.33 bits per heavy atom. The summed E-state index contributed by atoms with van der Waals surface area (Å²) in [6.45, 7) is 2.20. The molecule has 1 aromatic heterocycles. The van der Waals surface area contributed by atoms with Crippen LogP contribution in [0, 0.1) is 5.82 Å². The number of anilines is 1. The lowest BCUT2D eigenvalue weighted by Crippen LogP contribution is -2.37. The van der Waals surface area contributed by atoms with Crippen molar-refractivity contribution in [1.29, 1.82) is 0 Å². The van der Waals surface area contributed by atoms with Crippen molar-refractivity contribution in [2.24, 2.45) is 0 Å². The van der Waals surface area contributed by atoms with Crippen molar-refractivity contribution in [3.8, 4) is 11.6 Å². The van der Waals surface area contributed by atoms with Gasteiger partial charge in [-0.05, 0) is 55.7 Å². The molecule has 1 saturated heterocycles. The molecule has 2 aliphatic rings. The predicted molar refractivity (Wildman–Crippen MR) is 122 cm³/mol. The Morgan fingerprint density at radius 2 is 1.61 bits per heavy atom. The van der Waals surface area contributed by atoms with E-state index in [-0.39, 0.29) is 17.3 Å². The van der Waals surface area contributed by atoms with Gasteiger partial charge in [0.2, 0.25) is 21.9 Å². The summed E-state index contributed by atoms with van der Waals surface area (Å²) < 4.78 is 47.3. The first-order valence-corrected chi connectivity index (χ1v) is 12.6. The molecule has 33 heavy (non-hydrogen) atoms. The van der Waals surface area contributed by atoms with Crippen LogP contribution in [0.5, 0.6) is 11.6 Å². The molecule has 2 aliphatic heterocycles.